The fourth-order valence-corrected chi connectivity index (χ4v) is 6.61. The second-order valence-electron chi connectivity index (χ2n) is 9.38. The molecule has 5 aromatic heterocycles. The van der Waals surface area contributed by atoms with Gasteiger partial charge in [-0.1, -0.05) is 35.1 Å². The van der Waals surface area contributed by atoms with Gasteiger partial charge in [0.15, 0.2) is 11.6 Å². The van der Waals surface area contributed by atoms with E-state index < -0.39 is 0 Å². The molecule has 38 heavy (non-hydrogen) atoms. The van der Waals surface area contributed by atoms with Gasteiger partial charge in [0.25, 0.3) is 0 Å². The van der Waals surface area contributed by atoms with Crippen molar-refractivity contribution in [2.24, 2.45) is 4.99 Å². The van der Waals surface area contributed by atoms with Crippen LogP contribution in [0.3, 0.4) is 0 Å². The molecule has 0 unspecified atom stereocenters. The molecule has 0 amide bonds. The molecule has 0 bridgehead atoms. The van der Waals surface area contributed by atoms with E-state index in [4.69, 9.17) is 31.8 Å². The van der Waals surface area contributed by atoms with Gasteiger partial charge in [-0.05, 0) is 69.4 Å². The van der Waals surface area contributed by atoms with E-state index in [9.17, 15) is 0 Å². The zero-order valence-electron chi connectivity index (χ0n) is 20.9. The van der Waals surface area contributed by atoms with Crippen molar-refractivity contribution >= 4 is 39.3 Å². The highest BCUT2D eigenvalue weighted by atomic mass is 35.5. The van der Waals surface area contributed by atoms with Crippen LogP contribution in [0.1, 0.15) is 39.6 Å². The van der Waals surface area contributed by atoms with E-state index in [-0.39, 0.29) is 0 Å². The van der Waals surface area contributed by atoms with Gasteiger partial charge in [-0.25, -0.2) is 29.3 Å². The molecule has 0 fully saturated rings. The number of hydrogen-bond acceptors (Lipinski definition) is 7. The Hall–Kier alpha value is -3.95. The Morgan fingerprint density at radius 1 is 0.842 bits per heavy atom. The van der Waals surface area contributed by atoms with E-state index >= 15 is 0 Å². The second-order valence-corrected chi connectivity index (χ2v) is 10.8. The first-order chi connectivity index (χ1) is 18.6. The molecule has 0 saturated carbocycles. The van der Waals surface area contributed by atoms with Crippen molar-refractivity contribution in [3.05, 3.63) is 87.6 Å². The van der Waals surface area contributed by atoms with Gasteiger partial charge in [-0.2, -0.15) is 10.2 Å². The molecule has 0 atom stereocenters. The summed E-state index contributed by atoms with van der Waals surface area (Å²) in [5.74, 6) is 1.63. The average molecular weight is 539 g/mol. The fraction of sp³-hybridized carbons (Fsp3) is 0.214. The van der Waals surface area contributed by atoms with E-state index in [1.807, 2.05) is 65.8 Å². The lowest BCUT2D eigenvalue weighted by molar-refractivity contribution is 0.760. The molecule has 0 saturated heterocycles. The number of aryl methyl sites for hydroxylation is 3. The van der Waals surface area contributed by atoms with Crippen molar-refractivity contribution < 1.29 is 0 Å². The number of halogens is 1. The molecule has 5 aromatic rings. The second kappa shape index (κ2) is 9.11. The minimum absolute atomic E-state index is 0.700. The lowest BCUT2D eigenvalue weighted by Gasteiger charge is -2.16. The SMILES string of the molecule is Cc1nn(-c2ccccn2)c2c1C(Cl)=C(/C=N/c1nc3c(s1)CCc1c-3c(C)nn1-c1ccccn1)CC2. The molecule has 2 aliphatic carbocycles. The number of fused-ring (bicyclic) bond motifs is 4. The van der Waals surface area contributed by atoms with Crippen LogP contribution >= 0.6 is 22.9 Å². The van der Waals surface area contributed by atoms with Gasteiger partial charge < -0.3 is 0 Å². The van der Waals surface area contributed by atoms with E-state index in [1.54, 1.807) is 23.7 Å². The quantitative estimate of drug-likeness (QED) is 0.262. The lowest BCUT2D eigenvalue weighted by Crippen LogP contribution is -2.09. The Morgan fingerprint density at radius 3 is 2.13 bits per heavy atom. The van der Waals surface area contributed by atoms with E-state index in [0.29, 0.717) is 5.03 Å². The minimum Gasteiger partial charge on any atom is -0.237 e. The zero-order chi connectivity index (χ0) is 25.8. The topological polar surface area (TPSA) is 86.7 Å². The monoisotopic (exact) mass is 538 g/mol. The molecule has 0 radical (unpaired) electrons. The number of pyridine rings is 2. The summed E-state index contributed by atoms with van der Waals surface area (Å²) in [6.07, 6.45) is 8.84. The molecular weight excluding hydrogens is 516 g/mol. The molecule has 0 spiro atoms. The highest BCUT2D eigenvalue weighted by molar-refractivity contribution is 7.15. The average Bonchev–Trinajstić information content (AvgIpc) is 3.62. The Labute approximate surface area is 228 Å². The van der Waals surface area contributed by atoms with Gasteiger partial charge in [-0.3, -0.25) is 0 Å². The predicted molar refractivity (Wildman–Crippen MR) is 150 cm³/mol. The maximum absolute atomic E-state index is 6.92. The smallest absolute Gasteiger partial charge is 0.209 e. The van der Waals surface area contributed by atoms with Crippen LogP contribution in [0, 0.1) is 13.8 Å². The highest BCUT2D eigenvalue weighted by Gasteiger charge is 2.28. The van der Waals surface area contributed by atoms with Crippen molar-refractivity contribution in [3.63, 3.8) is 0 Å². The molecule has 8 nitrogen and oxygen atoms in total. The lowest BCUT2D eigenvalue weighted by atomic mass is 9.96. The number of rotatable bonds is 4. The van der Waals surface area contributed by atoms with Crippen LogP contribution < -0.4 is 0 Å². The third kappa shape index (κ3) is 3.73. The summed E-state index contributed by atoms with van der Waals surface area (Å²) in [6, 6.07) is 11.7. The summed E-state index contributed by atoms with van der Waals surface area (Å²) in [5, 5.41) is 11.0. The maximum Gasteiger partial charge on any atom is 0.209 e. The minimum atomic E-state index is 0.700. The summed E-state index contributed by atoms with van der Waals surface area (Å²) in [5.41, 5.74) is 8.15. The van der Waals surface area contributed by atoms with Crippen LogP contribution in [-0.2, 0) is 19.3 Å². The van der Waals surface area contributed by atoms with Crippen LogP contribution in [0.5, 0.6) is 0 Å². The summed E-state index contributed by atoms with van der Waals surface area (Å²) < 4.78 is 3.86. The summed E-state index contributed by atoms with van der Waals surface area (Å²) in [7, 11) is 0. The molecule has 7 rings (SSSR count). The third-order valence-corrected chi connectivity index (χ3v) is 8.47. The van der Waals surface area contributed by atoms with Crippen molar-refractivity contribution in [3.8, 4) is 22.9 Å². The molecule has 10 heteroatoms. The maximum atomic E-state index is 6.92. The van der Waals surface area contributed by atoms with Gasteiger partial charge in [0.05, 0.1) is 33.5 Å². The van der Waals surface area contributed by atoms with Crippen molar-refractivity contribution in [2.75, 3.05) is 0 Å². The zero-order valence-corrected chi connectivity index (χ0v) is 22.5. The van der Waals surface area contributed by atoms with Gasteiger partial charge >= 0.3 is 0 Å². The molecule has 0 aliphatic heterocycles. The van der Waals surface area contributed by atoms with Crippen LogP contribution in [0.15, 0.2) is 59.4 Å². The number of aromatic nitrogens is 7. The van der Waals surface area contributed by atoms with Crippen molar-refractivity contribution in [1.82, 2.24) is 34.5 Å². The molecule has 0 aromatic carbocycles. The molecule has 5 heterocycles. The van der Waals surface area contributed by atoms with Gasteiger partial charge in [0, 0.05) is 34.6 Å². The van der Waals surface area contributed by atoms with Crippen LogP contribution in [0.2, 0.25) is 0 Å². The third-order valence-electron chi connectivity index (χ3n) is 7.02. The first-order valence-electron chi connectivity index (χ1n) is 12.5. The first-order valence-corrected chi connectivity index (χ1v) is 13.7. The first kappa shape index (κ1) is 23.2. The van der Waals surface area contributed by atoms with Gasteiger partial charge in [0.1, 0.15) is 0 Å². The van der Waals surface area contributed by atoms with Crippen LogP contribution in [0.4, 0.5) is 5.13 Å². The van der Waals surface area contributed by atoms with Crippen LogP contribution in [0.25, 0.3) is 27.9 Å². The van der Waals surface area contributed by atoms with E-state index in [2.05, 4.69) is 9.97 Å². The standard InChI is InChI=1S/C28H23ClN8S/c1-16-24-19(36(34-16)22-7-3-5-13-30-22)10-9-18(26(24)29)15-32-28-33-27-21(38-28)12-11-20-25(27)17(2)35-37(20)23-8-4-6-14-31-23/h3-8,13-15H,9-12H2,1-2H3/b32-15+. The Kier molecular flexibility index (Phi) is 5.56. The molecule has 188 valence electrons. The van der Waals surface area contributed by atoms with Crippen LogP contribution in [-0.4, -0.2) is 40.7 Å². The number of allylic oxidation sites excluding steroid dienone is 1. The highest BCUT2D eigenvalue weighted by Crippen LogP contribution is 2.42. The summed E-state index contributed by atoms with van der Waals surface area (Å²) in [6.45, 7) is 4.02. The number of hydrogen-bond donors (Lipinski definition) is 0. The largest absolute Gasteiger partial charge is 0.237 e. The number of thiazole rings is 1. The van der Waals surface area contributed by atoms with E-state index in [0.717, 1.165) is 87.6 Å². The molecule has 0 N–H and O–H groups in total. The number of aliphatic imine (C=N–C) groups is 1. The Morgan fingerprint density at radius 2 is 1.47 bits per heavy atom. The van der Waals surface area contributed by atoms with Gasteiger partial charge in [0.2, 0.25) is 5.13 Å². The van der Waals surface area contributed by atoms with Gasteiger partial charge in [-0.15, -0.1) is 0 Å². The fourth-order valence-electron chi connectivity index (χ4n) is 5.31. The van der Waals surface area contributed by atoms with E-state index in [1.165, 1.54) is 4.88 Å². The normalized spacial score (nSPS) is 14.6. The van der Waals surface area contributed by atoms with Crippen molar-refractivity contribution in [2.45, 2.75) is 39.5 Å². The summed E-state index contributed by atoms with van der Waals surface area (Å²) >= 11 is 8.56. The van der Waals surface area contributed by atoms with Crippen molar-refractivity contribution in [1.29, 1.82) is 0 Å². The Bertz CT molecular complexity index is 1740. The molecule has 2 aliphatic rings. The summed E-state index contributed by atoms with van der Waals surface area (Å²) in [4.78, 5) is 19.9. The Balaban J connectivity index is 1.21. The molecular formula is C28H23ClN8S. The predicted octanol–water partition coefficient (Wildman–Crippen LogP) is 5.99. The number of nitrogens with zero attached hydrogens (tertiary/aromatic N) is 8.